The van der Waals surface area contributed by atoms with Crippen LogP contribution in [-0.2, 0) is 16.4 Å². The topological polar surface area (TPSA) is 49.4 Å². The molecule has 0 radical (unpaired) electrons. The number of aryl methyl sites for hydroxylation is 1. The molecule has 1 N–H and O–H groups in total. The van der Waals surface area contributed by atoms with Gasteiger partial charge in [-0.15, -0.1) is 11.3 Å². The van der Waals surface area contributed by atoms with Gasteiger partial charge in [0.05, 0.1) is 18.1 Å². The van der Waals surface area contributed by atoms with Crippen molar-refractivity contribution in [1.29, 1.82) is 0 Å². The van der Waals surface area contributed by atoms with Gasteiger partial charge in [-0.1, -0.05) is 24.3 Å². The molecule has 1 aliphatic rings. The molecular formula is C17H20N2O2S3. The summed E-state index contributed by atoms with van der Waals surface area (Å²) >= 11 is 7.28. The minimum Gasteiger partial charge on any atom is -0.340 e. The van der Waals surface area contributed by atoms with Crippen molar-refractivity contribution < 1.29 is 8.42 Å². The molecule has 0 amide bonds. The van der Waals surface area contributed by atoms with Crippen molar-refractivity contribution in [1.82, 2.24) is 4.90 Å². The molecule has 4 nitrogen and oxygen atoms in total. The smallest absolute Gasteiger partial charge is 0.174 e. The molecule has 2 aromatic rings. The molecule has 1 fully saturated rings. The molecule has 1 aliphatic heterocycles. The molecule has 0 aliphatic carbocycles. The van der Waals surface area contributed by atoms with E-state index in [2.05, 4.69) is 11.4 Å². The Hall–Kier alpha value is -1.44. The Kier molecular flexibility index (Phi) is 5.22. The van der Waals surface area contributed by atoms with Gasteiger partial charge in [0.25, 0.3) is 0 Å². The molecule has 1 aromatic heterocycles. The van der Waals surface area contributed by atoms with E-state index < -0.39 is 9.84 Å². The summed E-state index contributed by atoms with van der Waals surface area (Å²) in [5.74, 6) is 0.416. The zero-order valence-electron chi connectivity index (χ0n) is 13.4. The van der Waals surface area contributed by atoms with E-state index in [1.165, 1.54) is 4.88 Å². The summed E-state index contributed by atoms with van der Waals surface area (Å²) in [5.41, 5.74) is 2.06. The number of rotatable bonds is 4. The van der Waals surface area contributed by atoms with Crippen LogP contribution in [0.4, 0.5) is 5.69 Å². The van der Waals surface area contributed by atoms with Crippen LogP contribution in [0.3, 0.4) is 0 Å². The van der Waals surface area contributed by atoms with Gasteiger partial charge >= 0.3 is 0 Å². The van der Waals surface area contributed by atoms with Crippen molar-refractivity contribution in [3.63, 3.8) is 0 Å². The molecule has 0 saturated carbocycles. The van der Waals surface area contributed by atoms with Crippen LogP contribution < -0.4 is 5.32 Å². The van der Waals surface area contributed by atoms with Crippen molar-refractivity contribution in [2.75, 3.05) is 16.8 Å². The molecule has 1 atom stereocenters. The third kappa shape index (κ3) is 4.15. The molecule has 2 heterocycles. The van der Waals surface area contributed by atoms with Gasteiger partial charge in [0.1, 0.15) is 0 Å². The van der Waals surface area contributed by atoms with Gasteiger partial charge in [-0.05, 0) is 48.6 Å². The zero-order chi connectivity index (χ0) is 17.2. The number of hydrogen-bond donors (Lipinski definition) is 1. The lowest BCUT2D eigenvalue weighted by Gasteiger charge is -2.31. The number of anilines is 1. The minimum absolute atomic E-state index is 0.0684. The lowest BCUT2D eigenvalue weighted by molar-refractivity contribution is 0.335. The van der Waals surface area contributed by atoms with Crippen molar-refractivity contribution in [2.45, 2.75) is 25.9 Å². The van der Waals surface area contributed by atoms with Crippen LogP contribution in [0, 0.1) is 6.92 Å². The highest BCUT2D eigenvalue weighted by molar-refractivity contribution is 7.91. The number of para-hydroxylation sites is 1. The quantitative estimate of drug-likeness (QED) is 0.824. The monoisotopic (exact) mass is 380 g/mol. The number of sulfone groups is 1. The third-order valence-electron chi connectivity index (χ3n) is 4.20. The van der Waals surface area contributed by atoms with E-state index in [0.717, 1.165) is 11.3 Å². The highest BCUT2D eigenvalue weighted by Gasteiger charge is 2.33. The summed E-state index contributed by atoms with van der Waals surface area (Å²) in [6, 6.07) is 11.9. The number of nitrogens with zero attached hydrogens (tertiary/aromatic N) is 1. The third-order valence-corrected chi connectivity index (χ3v) is 7.15. The van der Waals surface area contributed by atoms with E-state index in [9.17, 15) is 8.42 Å². The van der Waals surface area contributed by atoms with Crippen LogP contribution in [0.15, 0.2) is 41.8 Å². The fourth-order valence-corrected chi connectivity index (χ4v) is 5.62. The standard InChI is InChI=1S/C17H20N2O2S3/c1-13-5-2-3-7-16(13)18-17(22)19(11-15-6-4-9-23-15)14-8-10-24(20,21)12-14/h2-7,9,14H,8,10-12H2,1H3,(H,18,22)/t14-/m1/s1. The Morgan fingerprint density at radius 1 is 1.33 bits per heavy atom. The first-order valence-electron chi connectivity index (χ1n) is 7.81. The number of thiophene rings is 1. The summed E-state index contributed by atoms with van der Waals surface area (Å²) in [7, 11) is -2.96. The molecule has 128 valence electrons. The van der Waals surface area contributed by atoms with Crippen LogP contribution in [0.5, 0.6) is 0 Å². The van der Waals surface area contributed by atoms with Crippen LogP contribution in [-0.4, -0.2) is 36.0 Å². The van der Waals surface area contributed by atoms with E-state index in [-0.39, 0.29) is 17.5 Å². The van der Waals surface area contributed by atoms with Crippen LogP contribution >= 0.6 is 23.6 Å². The molecule has 3 rings (SSSR count). The Bertz CT molecular complexity index is 816. The van der Waals surface area contributed by atoms with E-state index in [0.29, 0.717) is 18.1 Å². The van der Waals surface area contributed by atoms with Crippen molar-refractivity contribution >= 4 is 44.2 Å². The van der Waals surface area contributed by atoms with Gasteiger partial charge in [-0.2, -0.15) is 0 Å². The Labute approximate surface area is 152 Å². The Morgan fingerprint density at radius 3 is 2.75 bits per heavy atom. The molecule has 7 heteroatoms. The average molecular weight is 381 g/mol. The first-order valence-corrected chi connectivity index (χ1v) is 10.9. The fraction of sp³-hybridized carbons (Fsp3) is 0.353. The summed E-state index contributed by atoms with van der Waals surface area (Å²) in [6.07, 6.45) is 0.628. The Balaban J connectivity index is 1.81. The second-order valence-corrected chi connectivity index (χ2v) is 9.66. The predicted octanol–water partition coefficient (Wildman–Crippen LogP) is 3.44. The average Bonchev–Trinajstić information content (AvgIpc) is 3.16. The molecule has 1 saturated heterocycles. The molecule has 0 bridgehead atoms. The van der Waals surface area contributed by atoms with Crippen molar-refractivity contribution in [2.24, 2.45) is 0 Å². The van der Waals surface area contributed by atoms with Crippen LogP contribution in [0.1, 0.15) is 16.9 Å². The highest BCUT2D eigenvalue weighted by atomic mass is 32.2. The summed E-state index contributed by atoms with van der Waals surface area (Å²) < 4.78 is 23.8. The maximum Gasteiger partial charge on any atom is 0.174 e. The molecule has 24 heavy (non-hydrogen) atoms. The molecule has 1 aromatic carbocycles. The maximum absolute atomic E-state index is 11.9. The first-order chi connectivity index (χ1) is 11.4. The largest absolute Gasteiger partial charge is 0.340 e. The lowest BCUT2D eigenvalue weighted by Crippen LogP contribution is -2.42. The van der Waals surface area contributed by atoms with Gasteiger partial charge in [0.15, 0.2) is 14.9 Å². The number of hydrogen-bond acceptors (Lipinski definition) is 4. The van der Waals surface area contributed by atoms with Crippen LogP contribution in [0.2, 0.25) is 0 Å². The van der Waals surface area contributed by atoms with Crippen molar-refractivity contribution in [3.05, 3.63) is 52.2 Å². The van der Waals surface area contributed by atoms with E-state index in [1.54, 1.807) is 11.3 Å². The van der Waals surface area contributed by atoms with E-state index in [1.807, 2.05) is 47.5 Å². The number of nitrogens with one attached hydrogen (secondary N) is 1. The maximum atomic E-state index is 11.9. The molecule has 0 spiro atoms. The summed E-state index contributed by atoms with van der Waals surface area (Å²) in [5, 5.41) is 5.90. The second-order valence-electron chi connectivity index (χ2n) is 6.01. The zero-order valence-corrected chi connectivity index (χ0v) is 15.9. The van der Waals surface area contributed by atoms with Gasteiger partial charge < -0.3 is 10.2 Å². The molecule has 0 unspecified atom stereocenters. The fourth-order valence-electron chi connectivity index (χ4n) is 2.86. The highest BCUT2D eigenvalue weighted by Crippen LogP contribution is 2.23. The molecular weight excluding hydrogens is 360 g/mol. The van der Waals surface area contributed by atoms with Gasteiger partial charge in [0, 0.05) is 16.6 Å². The Morgan fingerprint density at radius 2 is 2.12 bits per heavy atom. The summed E-state index contributed by atoms with van der Waals surface area (Å²) in [4.78, 5) is 3.20. The lowest BCUT2D eigenvalue weighted by atomic mass is 10.2. The van der Waals surface area contributed by atoms with Gasteiger partial charge in [-0.3, -0.25) is 0 Å². The van der Waals surface area contributed by atoms with Gasteiger partial charge in [0.2, 0.25) is 0 Å². The number of benzene rings is 1. The number of thiocarbonyl (C=S) groups is 1. The van der Waals surface area contributed by atoms with E-state index in [4.69, 9.17) is 12.2 Å². The minimum atomic E-state index is -2.96. The van der Waals surface area contributed by atoms with Crippen LogP contribution in [0.25, 0.3) is 0 Å². The van der Waals surface area contributed by atoms with Crippen molar-refractivity contribution in [3.8, 4) is 0 Å². The normalized spacial score (nSPS) is 19.1. The predicted molar refractivity (Wildman–Crippen MR) is 104 cm³/mol. The summed E-state index contributed by atoms with van der Waals surface area (Å²) in [6.45, 7) is 2.66. The first kappa shape index (κ1) is 17.4. The second kappa shape index (κ2) is 7.21. The van der Waals surface area contributed by atoms with E-state index >= 15 is 0 Å². The SMILES string of the molecule is Cc1ccccc1NC(=S)N(Cc1cccs1)[C@@H]1CCS(=O)(=O)C1. The van der Waals surface area contributed by atoms with Gasteiger partial charge in [-0.25, -0.2) is 8.42 Å².